The zero-order valence-corrected chi connectivity index (χ0v) is 9.62. The van der Waals surface area contributed by atoms with Crippen LogP contribution in [0.4, 0.5) is 0 Å². The van der Waals surface area contributed by atoms with Crippen LogP contribution in [-0.4, -0.2) is 0 Å². The molecular formula is C17H20. The summed E-state index contributed by atoms with van der Waals surface area (Å²) in [6.45, 7) is -8.20. The Balaban J connectivity index is 2.79. The highest BCUT2D eigenvalue weighted by atomic mass is 14.2. The Morgan fingerprint density at radius 3 is 2.18 bits per heavy atom. The molecule has 0 aliphatic rings. The van der Waals surface area contributed by atoms with Gasteiger partial charge in [0.25, 0.3) is 0 Å². The predicted molar refractivity (Wildman–Crippen MR) is 75.3 cm³/mol. The van der Waals surface area contributed by atoms with Crippen molar-refractivity contribution in [2.24, 2.45) is 0 Å². The van der Waals surface area contributed by atoms with Crippen molar-refractivity contribution in [1.29, 1.82) is 0 Å². The summed E-state index contributed by atoms with van der Waals surface area (Å²) in [4.78, 5) is 0. The van der Waals surface area contributed by atoms with E-state index in [1.54, 1.807) is 19.1 Å². The summed E-state index contributed by atoms with van der Waals surface area (Å²) in [6, 6.07) is 13.8. The molecule has 0 heteroatoms. The van der Waals surface area contributed by atoms with Gasteiger partial charge in [0.05, 0.1) is 0 Å². The lowest BCUT2D eigenvalue weighted by molar-refractivity contribution is 0.586. The van der Waals surface area contributed by atoms with Crippen molar-refractivity contribution in [3.63, 3.8) is 0 Å². The first-order valence-corrected chi connectivity index (χ1v) is 5.40. The van der Waals surface area contributed by atoms with Crippen molar-refractivity contribution in [2.75, 3.05) is 0 Å². The second kappa shape index (κ2) is 4.37. The van der Waals surface area contributed by atoms with Crippen LogP contribution < -0.4 is 0 Å². The first-order valence-electron chi connectivity index (χ1n) is 9.90. The molecule has 0 nitrogen and oxygen atoms in total. The molecule has 2 aromatic rings. The minimum absolute atomic E-state index is 0.197. The van der Waals surface area contributed by atoms with E-state index in [-0.39, 0.29) is 5.56 Å². The van der Waals surface area contributed by atoms with Gasteiger partial charge in [0.2, 0.25) is 0 Å². The largest absolute Gasteiger partial charge is 0.0622 e. The van der Waals surface area contributed by atoms with Gasteiger partial charge in [-0.3, -0.25) is 0 Å². The Morgan fingerprint density at radius 2 is 1.59 bits per heavy atom. The average molecular weight is 233 g/mol. The van der Waals surface area contributed by atoms with Crippen LogP contribution in [0.25, 0.3) is 11.1 Å². The van der Waals surface area contributed by atoms with Gasteiger partial charge < -0.3 is 0 Å². The molecule has 0 radical (unpaired) electrons. The number of hydrogen-bond acceptors (Lipinski definition) is 0. The predicted octanol–water partition coefficient (Wildman–Crippen LogP) is 4.96. The second-order valence-corrected chi connectivity index (χ2v) is 4.15. The van der Waals surface area contributed by atoms with E-state index < -0.39 is 26.0 Å². The van der Waals surface area contributed by atoms with Crippen LogP contribution in [0, 0.1) is 6.92 Å². The van der Waals surface area contributed by atoms with E-state index in [1.807, 2.05) is 30.3 Å². The van der Waals surface area contributed by atoms with Gasteiger partial charge >= 0.3 is 0 Å². The summed E-state index contributed by atoms with van der Waals surface area (Å²) < 4.78 is 70.3. The van der Waals surface area contributed by atoms with Crippen molar-refractivity contribution in [3.8, 4) is 11.1 Å². The zero-order valence-electron chi connectivity index (χ0n) is 18.6. The van der Waals surface area contributed by atoms with Crippen molar-refractivity contribution < 1.29 is 12.3 Å². The van der Waals surface area contributed by atoms with E-state index in [9.17, 15) is 0 Å². The molecule has 0 spiro atoms. The molecule has 88 valence electrons. The van der Waals surface area contributed by atoms with E-state index in [0.29, 0.717) is 5.56 Å². The third-order valence-corrected chi connectivity index (χ3v) is 2.74. The van der Waals surface area contributed by atoms with Gasteiger partial charge in [-0.05, 0) is 34.6 Å². The van der Waals surface area contributed by atoms with Crippen LogP contribution in [0.1, 0.15) is 44.0 Å². The smallest absolute Gasteiger partial charge is 0.0239 e. The summed E-state index contributed by atoms with van der Waals surface area (Å²) in [5.41, 5.74) is -1.23. The van der Waals surface area contributed by atoms with Crippen molar-refractivity contribution >= 4 is 0 Å². The molecule has 0 amide bonds. The third kappa shape index (κ3) is 2.58. The summed E-state index contributed by atoms with van der Waals surface area (Å²) in [5.74, 6) is 0. The lowest BCUT2D eigenvalue weighted by Crippen LogP contribution is -2.12. The normalized spacial score (nSPS) is 21.6. The Hall–Kier alpha value is -1.56. The Bertz CT molecular complexity index is 732. The first-order chi connectivity index (χ1) is 11.7. The number of hydrogen-bond donors (Lipinski definition) is 0. The highest BCUT2D eigenvalue weighted by Gasteiger charge is 2.16. The molecule has 0 unspecified atom stereocenters. The molecule has 0 atom stereocenters. The van der Waals surface area contributed by atoms with E-state index in [0.717, 1.165) is 11.1 Å². The van der Waals surface area contributed by atoms with E-state index >= 15 is 0 Å². The Morgan fingerprint density at radius 1 is 0.882 bits per heavy atom. The molecule has 0 bridgehead atoms. The highest BCUT2D eigenvalue weighted by Crippen LogP contribution is 2.29. The van der Waals surface area contributed by atoms with Crippen LogP contribution >= 0.6 is 0 Å². The minimum atomic E-state index is -3.25. The summed E-state index contributed by atoms with van der Waals surface area (Å²) >= 11 is 0. The monoisotopic (exact) mass is 233 g/mol. The topological polar surface area (TPSA) is 0 Å². The standard InChI is InChI=1S/C17H20/c1-13-12-15(14-8-6-5-7-9-14)10-11-16(13)17(2,3)4/h5-12H,1-4H3/i2D3,3D3,4D3. The molecule has 2 aromatic carbocycles. The van der Waals surface area contributed by atoms with Crippen LogP contribution in [0.5, 0.6) is 0 Å². The fourth-order valence-corrected chi connectivity index (χ4v) is 1.89. The maximum atomic E-state index is 7.81. The lowest BCUT2D eigenvalue weighted by atomic mass is 9.83. The Kier molecular flexibility index (Phi) is 1.28. The molecule has 17 heavy (non-hydrogen) atoms. The molecule has 0 N–H and O–H groups in total. The number of benzene rings is 2. The van der Waals surface area contributed by atoms with E-state index in [4.69, 9.17) is 12.3 Å². The van der Waals surface area contributed by atoms with Gasteiger partial charge in [0, 0.05) is 12.3 Å². The summed E-state index contributed by atoms with van der Waals surface area (Å²) in [7, 11) is 0. The van der Waals surface area contributed by atoms with Gasteiger partial charge in [-0.25, -0.2) is 0 Å². The Labute approximate surface area is 117 Å². The van der Waals surface area contributed by atoms with Crippen molar-refractivity contribution in [3.05, 3.63) is 59.7 Å². The van der Waals surface area contributed by atoms with Gasteiger partial charge in [0.15, 0.2) is 0 Å². The molecule has 0 saturated heterocycles. The molecule has 0 fully saturated rings. The molecule has 0 aliphatic heterocycles. The average Bonchev–Trinajstić information content (AvgIpc) is 2.46. The van der Waals surface area contributed by atoms with Gasteiger partial charge in [-0.15, -0.1) is 0 Å². The SMILES string of the molecule is [2H]C([2H])([2H])C(c1ccc(-c2ccccc2)cc1C)(C([2H])([2H])[2H])C([2H])([2H])[2H]. The third-order valence-electron chi connectivity index (χ3n) is 2.74. The summed E-state index contributed by atoms with van der Waals surface area (Å²) in [6.07, 6.45) is 0. The molecule has 0 saturated carbocycles. The van der Waals surface area contributed by atoms with Gasteiger partial charge in [-0.2, -0.15) is 0 Å². The summed E-state index contributed by atoms with van der Waals surface area (Å²) in [5, 5.41) is 0. The van der Waals surface area contributed by atoms with Crippen LogP contribution in [-0.2, 0) is 5.41 Å². The van der Waals surface area contributed by atoms with Crippen molar-refractivity contribution in [2.45, 2.75) is 32.9 Å². The quantitative estimate of drug-likeness (QED) is 0.653. The molecular weight excluding hydrogens is 204 g/mol. The molecule has 0 heterocycles. The molecule has 2 rings (SSSR count). The second-order valence-electron chi connectivity index (χ2n) is 4.15. The maximum Gasteiger partial charge on any atom is 0.0239 e. The minimum Gasteiger partial charge on any atom is -0.0622 e. The first kappa shape index (κ1) is 4.97. The molecule has 0 aliphatic carbocycles. The van der Waals surface area contributed by atoms with Gasteiger partial charge in [-0.1, -0.05) is 69.1 Å². The lowest BCUT2D eigenvalue weighted by Gasteiger charge is -2.22. The van der Waals surface area contributed by atoms with Gasteiger partial charge in [0.1, 0.15) is 0 Å². The zero-order chi connectivity index (χ0) is 20.0. The van der Waals surface area contributed by atoms with E-state index in [1.165, 1.54) is 6.07 Å². The van der Waals surface area contributed by atoms with E-state index in [2.05, 4.69) is 0 Å². The van der Waals surface area contributed by atoms with Crippen LogP contribution in [0.3, 0.4) is 0 Å². The molecule has 0 aromatic heterocycles. The fraction of sp³-hybridized carbons (Fsp3) is 0.294. The van der Waals surface area contributed by atoms with Crippen LogP contribution in [0.2, 0.25) is 0 Å². The van der Waals surface area contributed by atoms with Crippen molar-refractivity contribution in [1.82, 2.24) is 0 Å². The number of rotatable bonds is 1. The van der Waals surface area contributed by atoms with Crippen LogP contribution in [0.15, 0.2) is 48.5 Å². The number of aryl methyl sites for hydroxylation is 1. The maximum absolute atomic E-state index is 7.81. The fourth-order valence-electron chi connectivity index (χ4n) is 1.89. The highest BCUT2D eigenvalue weighted by molar-refractivity contribution is 5.65.